The van der Waals surface area contributed by atoms with E-state index in [2.05, 4.69) is 56.4 Å². The summed E-state index contributed by atoms with van der Waals surface area (Å²) in [7, 11) is 3.49. The number of azo groups is 1. The van der Waals surface area contributed by atoms with Crippen LogP contribution >= 0.6 is 15.9 Å². The molecule has 2 aromatic carbocycles. The Kier molecular flexibility index (Phi) is 5.98. The molecule has 162 valence electrons. The first-order chi connectivity index (χ1) is 15.4. The predicted molar refractivity (Wildman–Crippen MR) is 120 cm³/mol. The van der Waals surface area contributed by atoms with Gasteiger partial charge in [-0.1, -0.05) is 22.0 Å². The van der Waals surface area contributed by atoms with Crippen molar-refractivity contribution >= 4 is 55.9 Å². The summed E-state index contributed by atoms with van der Waals surface area (Å²) >= 11 is 3.39. The number of nitro benzene ring substituents is 1. The van der Waals surface area contributed by atoms with Gasteiger partial charge in [-0.3, -0.25) is 10.1 Å². The Morgan fingerprint density at radius 2 is 1.84 bits per heavy atom. The summed E-state index contributed by atoms with van der Waals surface area (Å²) in [6.07, 6.45) is 0. The molecule has 1 N–H and O–H groups in total. The van der Waals surface area contributed by atoms with Crippen LogP contribution in [0.4, 0.5) is 28.7 Å². The molecule has 0 spiro atoms. The van der Waals surface area contributed by atoms with Gasteiger partial charge in [0.2, 0.25) is 17.1 Å². The average Bonchev–Trinajstić information content (AvgIpc) is 3.22. The number of anilines is 3. The van der Waals surface area contributed by atoms with Crippen molar-refractivity contribution in [3.8, 4) is 0 Å². The van der Waals surface area contributed by atoms with Crippen molar-refractivity contribution in [2.45, 2.75) is 6.54 Å². The first kappa shape index (κ1) is 21.2. The van der Waals surface area contributed by atoms with E-state index in [1.165, 1.54) is 6.07 Å². The highest BCUT2D eigenvalue weighted by Gasteiger charge is 2.16. The van der Waals surface area contributed by atoms with E-state index < -0.39 is 4.92 Å². The summed E-state index contributed by atoms with van der Waals surface area (Å²) in [5, 5.41) is 30.2. The minimum absolute atomic E-state index is 0.00447. The van der Waals surface area contributed by atoms with Gasteiger partial charge < -0.3 is 10.2 Å². The van der Waals surface area contributed by atoms with Crippen molar-refractivity contribution < 1.29 is 9.55 Å². The molecule has 4 rings (SSSR count). The van der Waals surface area contributed by atoms with Crippen LogP contribution in [-0.4, -0.2) is 39.3 Å². The summed E-state index contributed by atoms with van der Waals surface area (Å²) in [6.45, 7) is 0.114. The van der Waals surface area contributed by atoms with E-state index in [-0.39, 0.29) is 29.3 Å². The number of aromatic nitrogens is 4. The van der Waals surface area contributed by atoms with Gasteiger partial charge >= 0.3 is 0 Å². The molecular weight excluding hydrogens is 482 g/mol. The van der Waals surface area contributed by atoms with Crippen LogP contribution in [0, 0.1) is 10.1 Å². The standard InChI is InChI=1S/C19H16BrN9O3/c1-28(2)14-8-3-11(9-15(14)29(30)31)10-21-25-17-16(22-13-6-4-12(20)5-7-13)23-18-19(24-17)27-32-26-18/h3-9H,10H2,1-2H3,(H,22,23,26). The highest BCUT2D eigenvalue weighted by Crippen LogP contribution is 2.29. The van der Waals surface area contributed by atoms with E-state index in [9.17, 15) is 10.1 Å². The Labute approximate surface area is 189 Å². The van der Waals surface area contributed by atoms with Crippen LogP contribution in [0.3, 0.4) is 0 Å². The van der Waals surface area contributed by atoms with Crippen LogP contribution in [0.1, 0.15) is 5.56 Å². The third-order valence-corrected chi connectivity index (χ3v) is 4.87. The third-order valence-electron chi connectivity index (χ3n) is 4.34. The lowest BCUT2D eigenvalue weighted by molar-refractivity contribution is -0.384. The van der Waals surface area contributed by atoms with Gasteiger partial charge in [-0.05, 0) is 46.2 Å². The van der Waals surface area contributed by atoms with Crippen LogP contribution in [0.5, 0.6) is 0 Å². The van der Waals surface area contributed by atoms with Crippen molar-refractivity contribution in [2.75, 3.05) is 24.3 Å². The monoisotopic (exact) mass is 497 g/mol. The van der Waals surface area contributed by atoms with Gasteiger partial charge in [0.1, 0.15) is 5.69 Å². The van der Waals surface area contributed by atoms with Gasteiger partial charge in [-0.2, -0.15) is 10.1 Å². The van der Waals surface area contributed by atoms with Crippen LogP contribution in [0.2, 0.25) is 0 Å². The number of nitrogens with one attached hydrogen (secondary N) is 1. The summed E-state index contributed by atoms with van der Waals surface area (Å²) in [5.41, 5.74) is 2.29. The van der Waals surface area contributed by atoms with E-state index in [1.54, 1.807) is 31.1 Å². The molecule has 12 nitrogen and oxygen atoms in total. The second-order valence-electron chi connectivity index (χ2n) is 6.81. The number of hydrogen-bond acceptors (Lipinski definition) is 11. The van der Waals surface area contributed by atoms with E-state index in [4.69, 9.17) is 0 Å². The third kappa shape index (κ3) is 4.67. The van der Waals surface area contributed by atoms with Crippen LogP contribution in [0.25, 0.3) is 11.3 Å². The van der Waals surface area contributed by atoms with Crippen LogP contribution in [0.15, 0.2) is 61.8 Å². The fourth-order valence-corrected chi connectivity index (χ4v) is 3.09. The molecule has 2 heterocycles. The Hall–Kier alpha value is -4.00. The van der Waals surface area contributed by atoms with Gasteiger partial charge in [0.05, 0.1) is 11.5 Å². The van der Waals surface area contributed by atoms with Crippen molar-refractivity contribution in [1.29, 1.82) is 0 Å². The minimum atomic E-state index is -0.423. The second-order valence-corrected chi connectivity index (χ2v) is 7.73. The number of halogens is 1. The van der Waals surface area contributed by atoms with Gasteiger partial charge in [0.25, 0.3) is 5.69 Å². The Morgan fingerprint density at radius 1 is 1.12 bits per heavy atom. The van der Waals surface area contributed by atoms with Crippen molar-refractivity contribution in [1.82, 2.24) is 20.3 Å². The Balaban J connectivity index is 1.61. The summed E-state index contributed by atoms with van der Waals surface area (Å²) in [4.78, 5) is 21.3. The van der Waals surface area contributed by atoms with E-state index in [0.717, 1.165) is 10.2 Å². The maximum atomic E-state index is 11.4. The summed E-state index contributed by atoms with van der Waals surface area (Å²) in [5.74, 6) is 0.490. The molecule has 0 fully saturated rings. The average molecular weight is 498 g/mol. The second kappa shape index (κ2) is 9.01. The zero-order valence-corrected chi connectivity index (χ0v) is 18.5. The molecule has 0 amide bonds. The molecule has 0 aliphatic heterocycles. The first-order valence-corrected chi connectivity index (χ1v) is 10.0. The van der Waals surface area contributed by atoms with Crippen LogP contribution in [-0.2, 0) is 6.54 Å². The zero-order valence-electron chi connectivity index (χ0n) is 16.9. The molecule has 4 aromatic rings. The number of rotatable bonds is 7. The molecule has 2 aromatic heterocycles. The maximum absolute atomic E-state index is 11.4. The van der Waals surface area contributed by atoms with E-state index in [0.29, 0.717) is 17.1 Å². The molecular formula is C19H16BrN9O3. The maximum Gasteiger partial charge on any atom is 0.292 e. The number of hydrogen-bond donors (Lipinski definition) is 1. The Bertz CT molecular complexity index is 1310. The van der Waals surface area contributed by atoms with Crippen LogP contribution < -0.4 is 10.2 Å². The van der Waals surface area contributed by atoms with Gasteiger partial charge in [-0.15, -0.1) is 5.11 Å². The van der Waals surface area contributed by atoms with Crippen molar-refractivity contribution in [3.05, 3.63) is 62.6 Å². The number of nitrogens with zero attached hydrogens (tertiary/aromatic N) is 8. The molecule has 0 bridgehead atoms. The molecule has 0 atom stereocenters. The highest BCUT2D eigenvalue weighted by molar-refractivity contribution is 9.10. The summed E-state index contributed by atoms with van der Waals surface area (Å²) < 4.78 is 5.61. The number of fused-ring (bicyclic) bond motifs is 1. The molecule has 13 heteroatoms. The highest BCUT2D eigenvalue weighted by atomic mass is 79.9. The first-order valence-electron chi connectivity index (χ1n) is 9.26. The largest absolute Gasteiger partial charge is 0.372 e. The van der Waals surface area contributed by atoms with E-state index >= 15 is 0 Å². The smallest absolute Gasteiger partial charge is 0.292 e. The fourth-order valence-electron chi connectivity index (χ4n) is 2.83. The normalized spacial score (nSPS) is 11.2. The molecule has 0 aliphatic rings. The predicted octanol–water partition coefficient (Wildman–Crippen LogP) is 4.78. The molecule has 0 saturated carbocycles. The Morgan fingerprint density at radius 3 is 2.53 bits per heavy atom. The SMILES string of the molecule is CN(C)c1ccc(CN=Nc2nc3nonc3nc2Nc2ccc(Br)cc2)cc1[N+](=O)[O-]. The van der Waals surface area contributed by atoms with Crippen molar-refractivity contribution in [2.24, 2.45) is 10.2 Å². The lowest BCUT2D eigenvalue weighted by atomic mass is 10.1. The fraction of sp³-hybridized carbons (Fsp3) is 0.158. The molecule has 0 saturated heterocycles. The summed E-state index contributed by atoms with van der Waals surface area (Å²) in [6, 6.07) is 12.4. The molecule has 0 unspecified atom stereocenters. The lowest BCUT2D eigenvalue weighted by Crippen LogP contribution is -2.11. The van der Waals surface area contributed by atoms with Gasteiger partial charge in [0, 0.05) is 30.3 Å². The quantitative estimate of drug-likeness (QED) is 0.216. The number of nitro groups is 1. The molecule has 32 heavy (non-hydrogen) atoms. The van der Waals surface area contributed by atoms with Gasteiger partial charge in [0.15, 0.2) is 5.82 Å². The minimum Gasteiger partial charge on any atom is -0.372 e. The topological polar surface area (TPSA) is 148 Å². The molecule has 0 aliphatic carbocycles. The zero-order chi connectivity index (χ0) is 22.7. The van der Waals surface area contributed by atoms with Crippen molar-refractivity contribution in [3.63, 3.8) is 0 Å². The number of benzene rings is 2. The van der Waals surface area contributed by atoms with Gasteiger partial charge in [-0.25, -0.2) is 9.61 Å². The van der Waals surface area contributed by atoms with E-state index in [1.807, 2.05) is 24.3 Å². The molecule has 0 radical (unpaired) electrons. The lowest BCUT2D eigenvalue weighted by Gasteiger charge is -2.12.